The highest BCUT2D eigenvalue weighted by Crippen LogP contribution is 2.19. The molecule has 2 N–H and O–H groups in total. The molecule has 2 heterocycles. The molecule has 0 bridgehead atoms. The van der Waals surface area contributed by atoms with Crippen LogP contribution < -0.4 is 10.6 Å². The third-order valence-corrected chi connectivity index (χ3v) is 2.96. The van der Waals surface area contributed by atoms with E-state index in [0.717, 1.165) is 26.1 Å². The quantitative estimate of drug-likeness (QED) is 0.786. The van der Waals surface area contributed by atoms with Crippen LogP contribution in [-0.2, 0) is 4.74 Å². The molecule has 1 aromatic rings. The first-order valence-corrected chi connectivity index (χ1v) is 5.79. The summed E-state index contributed by atoms with van der Waals surface area (Å²) in [5.41, 5.74) is 1.27. The highest BCUT2D eigenvalue weighted by atomic mass is 16.5. The lowest BCUT2D eigenvalue weighted by molar-refractivity contribution is 0.0176. The van der Waals surface area contributed by atoms with E-state index >= 15 is 0 Å². The van der Waals surface area contributed by atoms with Gasteiger partial charge in [-0.15, -0.1) is 0 Å². The fraction of sp³-hybridized carbons (Fsp3) is 0.583. The van der Waals surface area contributed by atoms with Crippen molar-refractivity contribution in [2.45, 2.75) is 18.6 Å². The molecule has 1 aliphatic rings. The maximum atomic E-state index is 5.71. The molecule has 0 radical (unpaired) electrons. The summed E-state index contributed by atoms with van der Waals surface area (Å²) in [7, 11) is 1.99. The van der Waals surface area contributed by atoms with E-state index in [1.165, 1.54) is 5.56 Å². The second-order valence-corrected chi connectivity index (χ2v) is 4.05. The largest absolute Gasteiger partial charge is 0.376 e. The predicted molar refractivity (Wildman–Crippen MR) is 63.3 cm³/mol. The Morgan fingerprint density at radius 1 is 1.56 bits per heavy atom. The van der Waals surface area contributed by atoms with Crippen molar-refractivity contribution in [1.29, 1.82) is 0 Å². The van der Waals surface area contributed by atoms with Gasteiger partial charge in [-0.3, -0.25) is 4.98 Å². The predicted octanol–water partition coefficient (Wildman–Crippen LogP) is 0.721. The van der Waals surface area contributed by atoms with Gasteiger partial charge in [-0.25, -0.2) is 0 Å². The summed E-state index contributed by atoms with van der Waals surface area (Å²) in [6, 6.07) is 4.45. The minimum Gasteiger partial charge on any atom is -0.376 e. The normalized spacial score (nSPS) is 22.9. The molecule has 0 aliphatic carbocycles. The van der Waals surface area contributed by atoms with Crippen molar-refractivity contribution in [1.82, 2.24) is 15.6 Å². The molecule has 88 valence electrons. The number of aromatic nitrogens is 1. The first-order chi connectivity index (χ1) is 7.90. The average molecular weight is 221 g/mol. The number of morpholine rings is 1. The van der Waals surface area contributed by atoms with Crippen LogP contribution >= 0.6 is 0 Å². The Morgan fingerprint density at radius 3 is 3.00 bits per heavy atom. The maximum absolute atomic E-state index is 5.71. The van der Waals surface area contributed by atoms with Gasteiger partial charge in [0.25, 0.3) is 0 Å². The van der Waals surface area contributed by atoms with Crippen molar-refractivity contribution in [2.75, 3.05) is 26.7 Å². The van der Waals surface area contributed by atoms with E-state index in [1.54, 1.807) is 0 Å². The van der Waals surface area contributed by atoms with E-state index in [4.69, 9.17) is 4.74 Å². The number of ether oxygens (including phenoxy) is 1. The lowest BCUT2D eigenvalue weighted by atomic mass is 10.0. The summed E-state index contributed by atoms with van der Waals surface area (Å²) in [5.74, 6) is 0. The van der Waals surface area contributed by atoms with Crippen molar-refractivity contribution in [3.05, 3.63) is 30.1 Å². The SMILES string of the molecule is CNC(CC1CNCCO1)c1ccncc1. The third-order valence-electron chi connectivity index (χ3n) is 2.96. The van der Waals surface area contributed by atoms with Gasteiger partial charge in [-0.05, 0) is 31.2 Å². The molecule has 0 spiro atoms. The van der Waals surface area contributed by atoms with Crippen LogP contribution in [0.5, 0.6) is 0 Å². The molecule has 1 saturated heterocycles. The fourth-order valence-corrected chi connectivity index (χ4v) is 2.05. The van der Waals surface area contributed by atoms with Crippen LogP contribution in [0.4, 0.5) is 0 Å². The van der Waals surface area contributed by atoms with Gasteiger partial charge >= 0.3 is 0 Å². The van der Waals surface area contributed by atoms with Crippen molar-refractivity contribution >= 4 is 0 Å². The van der Waals surface area contributed by atoms with Crippen LogP contribution in [0.1, 0.15) is 18.0 Å². The Balaban J connectivity index is 1.94. The molecule has 1 fully saturated rings. The van der Waals surface area contributed by atoms with E-state index in [9.17, 15) is 0 Å². The van der Waals surface area contributed by atoms with Gasteiger partial charge in [0.2, 0.25) is 0 Å². The van der Waals surface area contributed by atoms with Crippen molar-refractivity contribution < 1.29 is 4.74 Å². The number of hydrogen-bond acceptors (Lipinski definition) is 4. The molecule has 1 aliphatic heterocycles. The summed E-state index contributed by atoms with van der Waals surface area (Å²) in [6.45, 7) is 2.73. The van der Waals surface area contributed by atoms with Crippen LogP contribution in [0, 0.1) is 0 Å². The zero-order valence-electron chi connectivity index (χ0n) is 9.65. The third kappa shape index (κ3) is 3.01. The zero-order valence-corrected chi connectivity index (χ0v) is 9.65. The van der Waals surface area contributed by atoms with Crippen LogP contribution in [0.3, 0.4) is 0 Å². The Kier molecular flexibility index (Phi) is 4.27. The van der Waals surface area contributed by atoms with Crippen LogP contribution in [0.15, 0.2) is 24.5 Å². The molecular weight excluding hydrogens is 202 g/mol. The van der Waals surface area contributed by atoms with Gasteiger partial charge in [-0.1, -0.05) is 0 Å². The van der Waals surface area contributed by atoms with Crippen LogP contribution in [0.2, 0.25) is 0 Å². The molecule has 2 unspecified atom stereocenters. The Hall–Kier alpha value is -0.970. The minimum atomic E-state index is 0.305. The van der Waals surface area contributed by atoms with Crippen molar-refractivity contribution in [2.24, 2.45) is 0 Å². The lowest BCUT2D eigenvalue weighted by Gasteiger charge is -2.27. The molecule has 2 atom stereocenters. The van der Waals surface area contributed by atoms with E-state index in [2.05, 4.69) is 27.8 Å². The van der Waals surface area contributed by atoms with E-state index in [0.29, 0.717) is 12.1 Å². The second kappa shape index (κ2) is 5.94. The van der Waals surface area contributed by atoms with Gasteiger partial charge in [0.1, 0.15) is 0 Å². The molecule has 0 amide bonds. The smallest absolute Gasteiger partial charge is 0.0718 e. The zero-order chi connectivity index (χ0) is 11.2. The van der Waals surface area contributed by atoms with Crippen molar-refractivity contribution in [3.63, 3.8) is 0 Å². The van der Waals surface area contributed by atoms with Crippen molar-refractivity contribution in [3.8, 4) is 0 Å². The fourth-order valence-electron chi connectivity index (χ4n) is 2.05. The number of hydrogen-bond donors (Lipinski definition) is 2. The number of nitrogens with zero attached hydrogens (tertiary/aromatic N) is 1. The molecule has 0 saturated carbocycles. The Bertz CT molecular complexity index is 298. The molecule has 2 rings (SSSR count). The van der Waals surface area contributed by atoms with E-state index in [-0.39, 0.29) is 0 Å². The van der Waals surface area contributed by atoms with Gasteiger partial charge < -0.3 is 15.4 Å². The second-order valence-electron chi connectivity index (χ2n) is 4.05. The average Bonchev–Trinajstić information content (AvgIpc) is 2.38. The summed E-state index contributed by atoms with van der Waals surface area (Å²) in [4.78, 5) is 4.04. The van der Waals surface area contributed by atoms with E-state index < -0.39 is 0 Å². The van der Waals surface area contributed by atoms with Gasteiger partial charge in [-0.2, -0.15) is 0 Å². The lowest BCUT2D eigenvalue weighted by Crippen LogP contribution is -2.40. The molecule has 16 heavy (non-hydrogen) atoms. The van der Waals surface area contributed by atoms with E-state index in [1.807, 2.05) is 19.4 Å². The highest BCUT2D eigenvalue weighted by molar-refractivity contribution is 5.15. The number of pyridine rings is 1. The van der Waals surface area contributed by atoms with Crippen LogP contribution in [0.25, 0.3) is 0 Å². The molecule has 1 aromatic heterocycles. The standard InChI is InChI=1S/C12H19N3O/c1-13-12(10-2-4-14-5-3-10)8-11-9-15-6-7-16-11/h2-5,11-13,15H,6-9H2,1H3. The summed E-state index contributed by atoms with van der Waals surface area (Å²) in [5, 5.41) is 6.68. The van der Waals surface area contributed by atoms with Gasteiger partial charge in [0.05, 0.1) is 12.7 Å². The van der Waals surface area contributed by atoms with Gasteiger partial charge in [0.15, 0.2) is 0 Å². The molecule has 4 nitrogen and oxygen atoms in total. The number of nitrogens with one attached hydrogen (secondary N) is 2. The summed E-state index contributed by atoms with van der Waals surface area (Å²) in [6.07, 6.45) is 4.96. The monoisotopic (exact) mass is 221 g/mol. The molecule has 4 heteroatoms. The topological polar surface area (TPSA) is 46.2 Å². The highest BCUT2D eigenvalue weighted by Gasteiger charge is 2.19. The first-order valence-electron chi connectivity index (χ1n) is 5.79. The number of rotatable bonds is 4. The molecular formula is C12H19N3O. The maximum Gasteiger partial charge on any atom is 0.0718 e. The Labute approximate surface area is 96.4 Å². The van der Waals surface area contributed by atoms with Gasteiger partial charge in [0, 0.05) is 31.5 Å². The summed E-state index contributed by atoms with van der Waals surface area (Å²) < 4.78 is 5.71. The first kappa shape index (κ1) is 11.5. The minimum absolute atomic E-state index is 0.305. The molecule has 0 aromatic carbocycles. The summed E-state index contributed by atoms with van der Waals surface area (Å²) >= 11 is 0. The Morgan fingerprint density at radius 2 is 2.38 bits per heavy atom. The van der Waals surface area contributed by atoms with Crippen LogP contribution in [-0.4, -0.2) is 37.8 Å².